The first-order valence-corrected chi connectivity index (χ1v) is 7.81. The smallest absolute Gasteiger partial charge is 0.243 e. The van der Waals surface area contributed by atoms with Crippen molar-refractivity contribution in [1.82, 2.24) is 4.90 Å². The zero-order valence-electron chi connectivity index (χ0n) is 12.3. The van der Waals surface area contributed by atoms with Crippen molar-refractivity contribution >= 4 is 5.91 Å². The molecule has 1 amide bonds. The van der Waals surface area contributed by atoms with Crippen LogP contribution >= 0.6 is 0 Å². The van der Waals surface area contributed by atoms with Crippen molar-refractivity contribution < 1.29 is 4.79 Å². The third-order valence-electron chi connectivity index (χ3n) is 4.62. The van der Waals surface area contributed by atoms with Crippen molar-refractivity contribution in [3.8, 4) is 6.07 Å². The van der Waals surface area contributed by atoms with Gasteiger partial charge in [0.05, 0.1) is 6.07 Å². The third kappa shape index (κ3) is 3.29. The molecular formula is C16H26N2O. The van der Waals surface area contributed by atoms with E-state index in [9.17, 15) is 10.1 Å². The van der Waals surface area contributed by atoms with E-state index in [1.165, 1.54) is 25.7 Å². The summed E-state index contributed by atoms with van der Waals surface area (Å²) in [6, 6.07) is 2.60. The first kappa shape index (κ1) is 14.4. The largest absolute Gasteiger partial charge is 0.339 e. The Morgan fingerprint density at radius 3 is 2.26 bits per heavy atom. The van der Waals surface area contributed by atoms with Crippen LogP contribution in [0.15, 0.2) is 0 Å². The molecule has 19 heavy (non-hydrogen) atoms. The molecule has 0 spiro atoms. The van der Waals surface area contributed by atoms with Gasteiger partial charge in [-0.1, -0.05) is 25.7 Å². The van der Waals surface area contributed by atoms with Gasteiger partial charge < -0.3 is 4.90 Å². The SMILES string of the molecule is CC(C)N(CC1CC1)C(=O)C1(C#N)CCCCCC1. The summed E-state index contributed by atoms with van der Waals surface area (Å²) in [5, 5.41) is 9.62. The zero-order valence-corrected chi connectivity index (χ0v) is 12.3. The van der Waals surface area contributed by atoms with Crippen molar-refractivity contribution in [1.29, 1.82) is 5.26 Å². The van der Waals surface area contributed by atoms with Gasteiger partial charge in [0.25, 0.3) is 0 Å². The number of hydrogen-bond donors (Lipinski definition) is 0. The van der Waals surface area contributed by atoms with Crippen LogP contribution in [-0.4, -0.2) is 23.4 Å². The molecule has 0 heterocycles. The van der Waals surface area contributed by atoms with E-state index in [0.717, 1.165) is 32.2 Å². The summed E-state index contributed by atoms with van der Waals surface area (Å²) in [5.74, 6) is 0.798. The van der Waals surface area contributed by atoms with E-state index in [1.807, 2.05) is 4.90 Å². The van der Waals surface area contributed by atoms with Gasteiger partial charge in [-0.25, -0.2) is 0 Å². The van der Waals surface area contributed by atoms with Crippen molar-refractivity contribution in [2.45, 2.75) is 71.3 Å². The van der Waals surface area contributed by atoms with Crippen molar-refractivity contribution in [3.63, 3.8) is 0 Å². The van der Waals surface area contributed by atoms with Gasteiger partial charge in [0.15, 0.2) is 0 Å². The van der Waals surface area contributed by atoms with Crippen molar-refractivity contribution in [2.24, 2.45) is 11.3 Å². The van der Waals surface area contributed by atoms with Crippen molar-refractivity contribution in [2.75, 3.05) is 6.54 Å². The Balaban J connectivity index is 2.14. The van der Waals surface area contributed by atoms with Crippen LogP contribution in [0.5, 0.6) is 0 Å². The van der Waals surface area contributed by atoms with Crippen LogP contribution in [0.25, 0.3) is 0 Å². The maximum Gasteiger partial charge on any atom is 0.243 e. The second-order valence-corrected chi connectivity index (χ2v) is 6.60. The number of nitrogens with zero attached hydrogens (tertiary/aromatic N) is 2. The maximum atomic E-state index is 12.9. The monoisotopic (exact) mass is 262 g/mol. The number of carbonyl (C=O) groups is 1. The Kier molecular flexibility index (Phi) is 4.50. The van der Waals surface area contributed by atoms with Gasteiger partial charge in [-0.15, -0.1) is 0 Å². The Labute approximate surface area is 117 Å². The molecule has 0 aromatic heterocycles. The summed E-state index contributed by atoms with van der Waals surface area (Å²) in [7, 11) is 0. The van der Waals surface area contributed by atoms with E-state index < -0.39 is 5.41 Å². The second-order valence-electron chi connectivity index (χ2n) is 6.60. The fourth-order valence-corrected chi connectivity index (χ4v) is 3.09. The lowest BCUT2D eigenvalue weighted by atomic mass is 9.80. The molecule has 106 valence electrons. The van der Waals surface area contributed by atoms with Crippen LogP contribution in [-0.2, 0) is 4.79 Å². The first-order chi connectivity index (χ1) is 9.09. The van der Waals surface area contributed by atoms with Crippen molar-refractivity contribution in [3.05, 3.63) is 0 Å². The minimum Gasteiger partial charge on any atom is -0.339 e. The lowest BCUT2D eigenvalue weighted by Crippen LogP contribution is -2.47. The predicted octanol–water partition coefficient (Wildman–Crippen LogP) is 3.50. The minimum atomic E-state index is -0.727. The van der Waals surface area contributed by atoms with E-state index in [4.69, 9.17) is 0 Å². The maximum absolute atomic E-state index is 12.9. The summed E-state index contributed by atoms with van der Waals surface area (Å²) >= 11 is 0. The average molecular weight is 262 g/mol. The van der Waals surface area contributed by atoms with Crippen LogP contribution < -0.4 is 0 Å². The van der Waals surface area contributed by atoms with E-state index in [0.29, 0.717) is 5.92 Å². The molecule has 0 N–H and O–H groups in total. The number of hydrogen-bond acceptors (Lipinski definition) is 2. The normalized spacial score (nSPS) is 22.6. The molecule has 0 atom stereocenters. The Morgan fingerprint density at radius 2 is 1.84 bits per heavy atom. The summed E-state index contributed by atoms with van der Waals surface area (Å²) < 4.78 is 0. The molecule has 2 fully saturated rings. The molecule has 0 aliphatic heterocycles. The Morgan fingerprint density at radius 1 is 1.26 bits per heavy atom. The Hall–Kier alpha value is -1.04. The molecule has 2 aliphatic carbocycles. The van der Waals surface area contributed by atoms with E-state index in [1.54, 1.807) is 0 Å². The molecule has 2 aliphatic rings. The molecule has 0 aromatic carbocycles. The molecule has 2 saturated carbocycles. The average Bonchev–Trinajstić information content (AvgIpc) is 3.21. The van der Waals surface area contributed by atoms with Crippen LogP contribution in [0.3, 0.4) is 0 Å². The fourth-order valence-electron chi connectivity index (χ4n) is 3.09. The first-order valence-electron chi connectivity index (χ1n) is 7.81. The van der Waals surface area contributed by atoms with Crippen LogP contribution in [0.4, 0.5) is 0 Å². The Bertz CT molecular complexity index is 357. The summed E-state index contributed by atoms with van der Waals surface area (Å²) in [6.07, 6.45) is 8.39. The molecule has 3 nitrogen and oxygen atoms in total. The topological polar surface area (TPSA) is 44.1 Å². The molecule has 0 bridgehead atoms. The summed E-state index contributed by atoms with van der Waals surface area (Å²) in [6.45, 7) is 5.00. The lowest BCUT2D eigenvalue weighted by molar-refractivity contribution is -0.141. The molecule has 0 aromatic rings. The molecule has 0 unspecified atom stereocenters. The minimum absolute atomic E-state index is 0.110. The van der Waals surface area contributed by atoms with Gasteiger partial charge in [0, 0.05) is 12.6 Å². The van der Waals surface area contributed by atoms with E-state index in [-0.39, 0.29) is 11.9 Å². The van der Waals surface area contributed by atoms with Gasteiger partial charge >= 0.3 is 0 Å². The number of amides is 1. The molecule has 2 rings (SSSR count). The fraction of sp³-hybridized carbons (Fsp3) is 0.875. The third-order valence-corrected chi connectivity index (χ3v) is 4.62. The quantitative estimate of drug-likeness (QED) is 0.728. The van der Waals surface area contributed by atoms with Gasteiger partial charge in [0.1, 0.15) is 5.41 Å². The van der Waals surface area contributed by atoms with Gasteiger partial charge in [-0.3, -0.25) is 4.79 Å². The molecular weight excluding hydrogens is 236 g/mol. The highest BCUT2D eigenvalue weighted by Gasteiger charge is 2.43. The summed E-state index contributed by atoms with van der Waals surface area (Å²) in [5.41, 5.74) is -0.727. The van der Waals surface area contributed by atoms with E-state index >= 15 is 0 Å². The second kappa shape index (κ2) is 5.94. The van der Waals surface area contributed by atoms with Crippen LogP contribution in [0.2, 0.25) is 0 Å². The highest BCUT2D eigenvalue weighted by atomic mass is 16.2. The lowest BCUT2D eigenvalue weighted by Gasteiger charge is -2.34. The predicted molar refractivity (Wildman–Crippen MR) is 75.3 cm³/mol. The highest BCUT2D eigenvalue weighted by molar-refractivity contribution is 5.85. The van der Waals surface area contributed by atoms with Gasteiger partial charge in [-0.05, 0) is 45.4 Å². The van der Waals surface area contributed by atoms with Crippen LogP contribution in [0, 0.1) is 22.7 Å². The van der Waals surface area contributed by atoms with E-state index in [2.05, 4.69) is 19.9 Å². The zero-order chi connectivity index (χ0) is 13.9. The highest BCUT2D eigenvalue weighted by Crippen LogP contribution is 2.38. The van der Waals surface area contributed by atoms with Gasteiger partial charge in [0.2, 0.25) is 5.91 Å². The van der Waals surface area contributed by atoms with Gasteiger partial charge in [-0.2, -0.15) is 5.26 Å². The number of rotatable bonds is 4. The number of carbonyl (C=O) groups excluding carboxylic acids is 1. The number of nitriles is 1. The van der Waals surface area contributed by atoms with Crippen LogP contribution in [0.1, 0.15) is 65.2 Å². The summed E-state index contributed by atoms with van der Waals surface area (Å²) in [4.78, 5) is 14.9. The molecule has 0 saturated heterocycles. The standard InChI is InChI=1S/C16H26N2O/c1-13(2)18(11-14-7-8-14)15(19)16(12-17)9-5-3-4-6-10-16/h13-14H,3-11H2,1-2H3. The molecule has 0 radical (unpaired) electrons. The molecule has 3 heteroatoms.